The van der Waals surface area contributed by atoms with Crippen molar-refractivity contribution in [3.05, 3.63) is 35.6 Å². The maximum atomic E-state index is 14.0. The van der Waals surface area contributed by atoms with Crippen molar-refractivity contribution in [2.75, 3.05) is 19.7 Å². The molecular formula is C18H26FNO2. The molecule has 1 aromatic rings. The Kier molecular flexibility index (Phi) is 4.90. The number of nitrogens with zero attached hydrogens (tertiary/aromatic N) is 1. The number of carbonyl (C=O) groups is 1. The fourth-order valence-corrected chi connectivity index (χ4v) is 3.29. The van der Waals surface area contributed by atoms with Crippen LogP contribution in [0, 0.1) is 11.2 Å². The van der Waals surface area contributed by atoms with Crippen molar-refractivity contribution >= 4 is 5.91 Å². The van der Waals surface area contributed by atoms with Gasteiger partial charge in [-0.15, -0.1) is 0 Å². The number of benzene rings is 1. The van der Waals surface area contributed by atoms with E-state index in [1.54, 1.807) is 32.0 Å². The van der Waals surface area contributed by atoms with Gasteiger partial charge in [-0.3, -0.25) is 4.79 Å². The van der Waals surface area contributed by atoms with Crippen LogP contribution in [0.1, 0.15) is 45.6 Å². The SMILES string of the molecule is CCC1(CO)CCN(C(=O)C(C)(C)c2ccccc2F)CC1. The van der Waals surface area contributed by atoms with Gasteiger partial charge < -0.3 is 10.0 Å². The van der Waals surface area contributed by atoms with Crippen LogP contribution in [0.15, 0.2) is 24.3 Å². The third-order valence-corrected chi connectivity index (χ3v) is 5.28. The summed E-state index contributed by atoms with van der Waals surface area (Å²) in [7, 11) is 0. The number of piperidine rings is 1. The molecule has 1 saturated heterocycles. The van der Waals surface area contributed by atoms with E-state index in [9.17, 15) is 14.3 Å². The zero-order chi connectivity index (χ0) is 16.4. The first-order valence-electron chi connectivity index (χ1n) is 8.01. The van der Waals surface area contributed by atoms with Crippen LogP contribution in [-0.2, 0) is 10.2 Å². The van der Waals surface area contributed by atoms with Gasteiger partial charge in [-0.2, -0.15) is 0 Å². The molecule has 1 aromatic carbocycles. The van der Waals surface area contributed by atoms with Crippen LogP contribution in [0.3, 0.4) is 0 Å². The number of amides is 1. The number of hydrogen-bond donors (Lipinski definition) is 1. The van der Waals surface area contributed by atoms with E-state index in [-0.39, 0.29) is 23.7 Å². The van der Waals surface area contributed by atoms with Crippen LogP contribution in [0.4, 0.5) is 4.39 Å². The highest BCUT2D eigenvalue weighted by Crippen LogP contribution is 2.36. The van der Waals surface area contributed by atoms with Gasteiger partial charge in [0, 0.05) is 25.3 Å². The minimum atomic E-state index is -0.878. The highest BCUT2D eigenvalue weighted by Gasteiger charge is 2.40. The van der Waals surface area contributed by atoms with Gasteiger partial charge in [0.15, 0.2) is 0 Å². The summed E-state index contributed by atoms with van der Waals surface area (Å²) in [4.78, 5) is 14.7. The number of aliphatic hydroxyl groups excluding tert-OH is 1. The Bertz CT molecular complexity index is 528. The summed E-state index contributed by atoms with van der Waals surface area (Å²) in [5, 5.41) is 9.59. The van der Waals surface area contributed by atoms with E-state index in [1.165, 1.54) is 6.07 Å². The first-order valence-corrected chi connectivity index (χ1v) is 8.01. The average molecular weight is 307 g/mol. The van der Waals surface area contributed by atoms with Crippen LogP contribution >= 0.6 is 0 Å². The molecule has 2 rings (SSSR count). The van der Waals surface area contributed by atoms with E-state index in [1.807, 2.05) is 4.90 Å². The summed E-state index contributed by atoms with van der Waals surface area (Å²) < 4.78 is 14.0. The van der Waals surface area contributed by atoms with E-state index in [4.69, 9.17) is 0 Å². The quantitative estimate of drug-likeness (QED) is 0.928. The molecule has 0 aromatic heterocycles. The zero-order valence-corrected chi connectivity index (χ0v) is 13.7. The molecule has 4 heteroatoms. The molecule has 1 aliphatic heterocycles. The first kappa shape index (κ1) is 16.9. The van der Waals surface area contributed by atoms with Gasteiger partial charge in [-0.25, -0.2) is 4.39 Å². The molecule has 22 heavy (non-hydrogen) atoms. The van der Waals surface area contributed by atoms with Crippen molar-refractivity contribution in [3.63, 3.8) is 0 Å². The van der Waals surface area contributed by atoms with Gasteiger partial charge in [-0.05, 0) is 44.6 Å². The van der Waals surface area contributed by atoms with Crippen molar-refractivity contribution in [3.8, 4) is 0 Å². The lowest BCUT2D eigenvalue weighted by Crippen LogP contribution is -2.50. The Labute approximate surface area is 132 Å². The molecule has 3 nitrogen and oxygen atoms in total. The molecule has 1 amide bonds. The first-order chi connectivity index (χ1) is 10.4. The standard InChI is InChI=1S/C18H26FNO2/c1-4-18(13-21)9-11-20(12-10-18)16(22)17(2,3)14-7-5-6-8-15(14)19/h5-8,21H,4,9-13H2,1-3H3. The molecular weight excluding hydrogens is 281 g/mol. The number of rotatable bonds is 4. The highest BCUT2D eigenvalue weighted by atomic mass is 19.1. The maximum Gasteiger partial charge on any atom is 0.232 e. The monoisotopic (exact) mass is 307 g/mol. The lowest BCUT2D eigenvalue weighted by atomic mass is 9.75. The van der Waals surface area contributed by atoms with Gasteiger partial charge in [0.05, 0.1) is 5.41 Å². The third kappa shape index (κ3) is 3.02. The topological polar surface area (TPSA) is 40.5 Å². The molecule has 0 bridgehead atoms. The Morgan fingerprint density at radius 2 is 1.91 bits per heavy atom. The Hall–Kier alpha value is -1.42. The van der Waals surface area contributed by atoms with E-state index < -0.39 is 5.41 Å². The highest BCUT2D eigenvalue weighted by molar-refractivity contribution is 5.87. The second-order valence-corrected chi connectivity index (χ2v) is 6.91. The van der Waals surface area contributed by atoms with Crippen LogP contribution in [0.2, 0.25) is 0 Å². The number of carbonyl (C=O) groups excluding carboxylic acids is 1. The normalized spacial score (nSPS) is 18.3. The number of halogens is 1. The maximum absolute atomic E-state index is 14.0. The van der Waals surface area contributed by atoms with Crippen molar-refractivity contribution in [2.45, 2.75) is 45.4 Å². The summed E-state index contributed by atoms with van der Waals surface area (Å²) in [5.41, 5.74) is -0.495. The van der Waals surface area contributed by atoms with Gasteiger partial charge in [0.25, 0.3) is 0 Å². The van der Waals surface area contributed by atoms with Crippen molar-refractivity contribution in [2.24, 2.45) is 5.41 Å². The summed E-state index contributed by atoms with van der Waals surface area (Å²) in [6.07, 6.45) is 2.53. The van der Waals surface area contributed by atoms with Crippen LogP contribution in [0.25, 0.3) is 0 Å². The Balaban J connectivity index is 2.14. The average Bonchev–Trinajstić information content (AvgIpc) is 2.54. The number of likely N-dealkylation sites (tertiary alicyclic amines) is 1. The molecule has 0 spiro atoms. The van der Waals surface area contributed by atoms with Crippen molar-refractivity contribution in [1.82, 2.24) is 4.90 Å². The van der Waals surface area contributed by atoms with Crippen LogP contribution in [-0.4, -0.2) is 35.6 Å². The predicted molar refractivity (Wildman–Crippen MR) is 85.0 cm³/mol. The molecule has 1 N–H and O–H groups in total. The van der Waals surface area contributed by atoms with Crippen LogP contribution < -0.4 is 0 Å². The number of aliphatic hydroxyl groups is 1. The minimum absolute atomic E-state index is 0.0414. The largest absolute Gasteiger partial charge is 0.396 e. The molecule has 0 unspecified atom stereocenters. The molecule has 0 saturated carbocycles. The molecule has 1 aliphatic rings. The van der Waals surface area contributed by atoms with Crippen LogP contribution in [0.5, 0.6) is 0 Å². The molecule has 1 fully saturated rings. The van der Waals surface area contributed by atoms with Crippen molar-refractivity contribution < 1.29 is 14.3 Å². The fourth-order valence-electron chi connectivity index (χ4n) is 3.29. The molecule has 0 atom stereocenters. The van der Waals surface area contributed by atoms with E-state index in [2.05, 4.69) is 6.92 Å². The second-order valence-electron chi connectivity index (χ2n) is 6.91. The Morgan fingerprint density at radius 1 is 1.32 bits per heavy atom. The van der Waals surface area contributed by atoms with E-state index >= 15 is 0 Å². The molecule has 1 heterocycles. The molecule has 0 radical (unpaired) electrons. The predicted octanol–water partition coefficient (Wildman–Crippen LogP) is 3.11. The molecule has 0 aliphatic carbocycles. The summed E-state index contributed by atoms with van der Waals surface area (Å²) >= 11 is 0. The lowest BCUT2D eigenvalue weighted by Gasteiger charge is -2.42. The van der Waals surface area contributed by atoms with Gasteiger partial charge in [-0.1, -0.05) is 25.1 Å². The minimum Gasteiger partial charge on any atom is -0.396 e. The molecule has 122 valence electrons. The summed E-state index contributed by atoms with van der Waals surface area (Å²) in [5.74, 6) is -0.378. The smallest absolute Gasteiger partial charge is 0.232 e. The van der Waals surface area contributed by atoms with E-state index in [0.717, 1.165) is 19.3 Å². The Morgan fingerprint density at radius 3 is 2.41 bits per heavy atom. The zero-order valence-electron chi connectivity index (χ0n) is 13.7. The number of hydrogen-bond acceptors (Lipinski definition) is 2. The van der Waals surface area contributed by atoms with Gasteiger partial charge >= 0.3 is 0 Å². The summed E-state index contributed by atoms with van der Waals surface area (Å²) in [6.45, 7) is 7.07. The van der Waals surface area contributed by atoms with Crippen molar-refractivity contribution in [1.29, 1.82) is 0 Å². The van der Waals surface area contributed by atoms with E-state index in [0.29, 0.717) is 18.7 Å². The lowest BCUT2D eigenvalue weighted by molar-refractivity contribution is -0.139. The summed E-state index contributed by atoms with van der Waals surface area (Å²) in [6, 6.07) is 6.48. The fraction of sp³-hybridized carbons (Fsp3) is 0.611. The van der Waals surface area contributed by atoms with Gasteiger partial charge in [0.2, 0.25) is 5.91 Å². The second kappa shape index (κ2) is 6.37. The van der Waals surface area contributed by atoms with Gasteiger partial charge in [0.1, 0.15) is 5.82 Å². The third-order valence-electron chi connectivity index (χ3n) is 5.28.